The molecule has 0 aliphatic carbocycles. The number of rotatable bonds is 2. The fourth-order valence-electron chi connectivity index (χ4n) is 4.06. The van der Waals surface area contributed by atoms with Crippen LogP contribution in [0.2, 0.25) is 0 Å². The smallest absolute Gasteiger partial charge is 0.256 e. The van der Waals surface area contributed by atoms with Crippen LogP contribution in [0.5, 0.6) is 5.88 Å². The number of fused-ring (bicyclic) bond motifs is 2. The molecule has 1 aromatic carbocycles. The first kappa shape index (κ1) is 23.3. The van der Waals surface area contributed by atoms with Gasteiger partial charge in [0.25, 0.3) is 5.91 Å². The Balaban J connectivity index is 1.70. The quantitative estimate of drug-likeness (QED) is 0.389. The highest BCUT2D eigenvalue weighted by Gasteiger charge is 2.24. The van der Waals surface area contributed by atoms with Gasteiger partial charge < -0.3 is 26.0 Å². The third-order valence-corrected chi connectivity index (χ3v) is 5.85. The van der Waals surface area contributed by atoms with Crippen molar-refractivity contribution in [3.05, 3.63) is 59.4 Å². The number of carbonyl (C=O) groups excluding carboxylic acids is 1. The largest absolute Gasteiger partial charge is 0.473 e. The van der Waals surface area contributed by atoms with Crippen molar-refractivity contribution < 1.29 is 18.3 Å². The highest BCUT2D eigenvalue weighted by Crippen LogP contribution is 2.36. The maximum Gasteiger partial charge on any atom is 0.256 e. The minimum Gasteiger partial charge on any atom is -0.473 e. The van der Waals surface area contributed by atoms with E-state index in [1.165, 1.54) is 22.8 Å². The zero-order chi connectivity index (χ0) is 25.6. The van der Waals surface area contributed by atoms with Crippen molar-refractivity contribution in [3.63, 3.8) is 0 Å². The number of aromatic nitrogens is 4. The van der Waals surface area contributed by atoms with Crippen LogP contribution < -0.4 is 26.0 Å². The third-order valence-electron chi connectivity index (χ3n) is 5.85. The molecule has 186 valence electrons. The number of nitrogens with zero attached hydrogens (tertiary/aromatic N) is 5. The van der Waals surface area contributed by atoms with Crippen molar-refractivity contribution in [3.8, 4) is 17.0 Å². The Morgan fingerprint density at radius 1 is 1.19 bits per heavy atom. The summed E-state index contributed by atoms with van der Waals surface area (Å²) in [5.41, 5.74) is 8.58. The highest BCUT2D eigenvalue weighted by molar-refractivity contribution is 6.01. The van der Waals surface area contributed by atoms with Crippen LogP contribution in [0, 0.1) is 11.6 Å². The van der Waals surface area contributed by atoms with Crippen LogP contribution in [0.25, 0.3) is 16.8 Å². The predicted octanol–water partition coefficient (Wildman–Crippen LogP) is 2.84. The van der Waals surface area contributed by atoms with Gasteiger partial charge in [0.2, 0.25) is 5.88 Å². The number of carbonyl (C=O) groups is 1. The average molecular weight is 495 g/mol. The number of hydrogen-bond acceptors (Lipinski definition) is 8. The van der Waals surface area contributed by atoms with Gasteiger partial charge in [-0.15, -0.1) is 0 Å². The molecule has 12 heteroatoms. The lowest BCUT2D eigenvalue weighted by Crippen LogP contribution is -2.33. The SMILES string of the molecule is CC1CNC(=O)c2cnn3c(N)c(-c4ccc(N(C)C)c(F)c4)c(nc23)NCc2cc(F)cnc2O1. The number of hydrogen-bond donors (Lipinski definition) is 3. The number of nitrogens with two attached hydrogens (primary N) is 1. The van der Waals surface area contributed by atoms with Crippen molar-refractivity contribution in [2.24, 2.45) is 0 Å². The van der Waals surface area contributed by atoms with E-state index in [0.717, 1.165) is 6.20 Å². The summed E-state index contributed by atoms with van der Waals surface area (Å²) in [5, 5.41) is 10.2. The standard InChI is InChI=1S/C24H24F2N8O2/c1-12-8-29-23(35)16-11-31-34-20(27)19(13-4-5-18(33(2)3)17(26)7-13)21(32-22(16)34)28-9-14-6-15(25)10-30-24(14)36-12/h4-7,10-12H,8-9,27H2,1-3H3,(H,28,32)(H,29,35). The van der Waals surface area contributed by atoms with Gasteiger partial charge in [-0.25, -0.2) is 18.7 Å². The van der Waals surface area contributed by atoms with E-state index in [4.69, 9.17) is 10.5 Å². The molecule has 1 unspecified atom stereocenters. The summed E-state index contributed by atoms with van der Waals surface area (Å²) in [5.74, 6) is -0.783. The molecule has 1 atom stereocenters. The summed E-state index contributed by atoms with van der Waals surface area (Å²) in [4.78, 5) is 23.3. The topological polar surface area (TPSA) is 123 Å². The molecular weight excluding hydrogens is 470 g/mol. The monoisotopic (exact) mass is 494 g/mol. The van der Waals surface area contributed by atoms with Crippen LogP contribution in [-0.2, 0) is 6.54 Å². The molecule has 36 heavy (non-hydrogen) atoms. The number of nitrogen functional groups attached to an aromatic ring is 1. The van der Waals surface area contributed by atoms with E-state index < -0.39 is 23.6 Å². The molecule has 10 nitrogen and oxygen atoms in total. The fourth-order valence-corrected chi connectivity index (χ4v) is 4.06. The molecule has 1 aliphatic heterocycles. The van der Waals surface area contributed by atoms with E-state index in [9.17, 15) is 13.6 Å². The first-order valence-electron chi connectivity index (χ1n) is 11.2. The van der Waals surface area contributed by atoms with Crippen LogP contribution in [0.15, 0.2) is 36.7 Å². The van der Waals surface area contributed by atoms with Gasteiger partial charge in [0.05, 0.1) is 30.2 Å². The molecule has 0 fully saturated rings. The summed E-state index contributed by atoms with van der Waals surface area (Å²) >= 11 is 0. The second-order valence-electron chi connectivity index (χ2n) is 8.68. The molecule has 1 amide bonds. The van der Waals surface area contributed by atoms with Crippen molar-refractivity contribution in [1.82, 2.24) is 24.9 Å². The van der Waals surface area contributed by atoms with Gasteiger partial charge in [0.15, 0.2) is 5.65 Å². The number of pyridine rings is 1. The first-order valence-corrected chi connectivity index (χ1v) is 11.2. The number of anilines is 3. The van der Waals surface area contributed by atoms with Gasteiger partial charge >= 0.3 is 0 Å². The molecular formula is C24H24F2N8O2. The Morgan fingerprint density at radius 3 is 2.75 bits per heavy atom. The van der Waals surface area contributed by atoms with Crippen molar-refractivity contribution in [2.45, 2.75) is 19.6 Å². The summed E-state index contributed by atoms with van der Waals surface area (Å²) in [6.45, 7) is 2.00. The Hall–Kier alpha value is -4.48. The van der Waals surface area contributed by atoms with Crippen LogP contribution >= 0.6 is 0 Å². The minimum atomic E-state index is -0.535. The van der Waals surface area contributed by atoms with Crippen LogP contribution in [0.3, 0.4) is 0 Å². The first-order chi connectivity index (χ1) is 17.2. The molecule has 4 aromatic rings. The molecule has 1 aliphatic rings. The van der Waals surface area contributed by atoms with Gasteiger partial charge in [-0.3, -0.25) is 4.79 Å². The molecule has 5 rings (SSSR count). The maximum absolute atomic E-state index is 14.9. The number of ether oxygens (including phenoxy) is 1. The van der Waals surface area contributed by atoms with E-state index in [0.29, 0.717) is 22.4 Å². The Bertz CT molecular complexity index is 1490. The Morgan fingerprint density at radius 2 is 2.00 bits per heavy atom. The van der Waals surface area contributed by atoms with E-state index in [2.05, 4.69) is 25.7 Å². The molecule has 0 saturated heterocycles. The molecule has 4 heterocycles. The average Bonchev–Trinajstić information content (AvgIpc) is 3.26. The zero-order valence-electron chi connectivity index (χ0n) is 19.8. The summed E-state index contributed by atoms with van der Waals surface area (Å²) < 4.78 is 36.1. The molecule has 0 radical (unpaired) electrons. The van der Waals surface area contributed by atoms with Gasteiger partial charge in [0.1, 0.15) is 34.9 Å². The van der Waals surface area contributed by atoms with Crippen LogP contribution in [0.1, 0.15) is 22.8 Å². The number of amides is 1. The van der Waals surface area contributed by atoms with Gasteiger partial charge in [-0.05, 0) is 30.7 Å². The summed E-state index contributed by atoms with van der Waals surface area (Å²) in [6.07, 6.45) is 1.98. The summed E-state index contributed by atoms with van der Waals surface area (Å²) in [6, 6.07) is 6.00. The second-order valence-corrected chi connectivity index (χ2v) is 8.68. The second kappa shape index (κ2) is 8.95. The predicted molar refractivity (Wildman–Crippen MR) is 131 cm³/mol. The summed E-state index contributed by atoms with van der Waals surface area (Å²) in [7, 11) is 3.48. The zero-order valence-corrected chi connectivity index (χ0v) is 19.8. The molecule has 2 bridgehead atoms. The van der Waals surface area contributed by atoms with E-state index in [1.54, 1.807) is 38.1 Å². The van der Waals surface area contributed by atoms with E-state index in [1.807, 2.05) is 0 Å². The van der Waals surface area contributed by atoms with Crippen molar-refractivity contribution in [1.29, 1.82) is 0 Å². The van der Waals surface area contributed by atoms with Crippen LogP contribution in [0.4, 0.5) is 26.1 Å². The van der Waals surface area contributed by atoms with E-state index >= 15 is 0 Å². The molecule has 4 N–H and O–H groups in total. The number of benzene rings is 1. The fraction of sp³-hybridized carbons (Fsp3) is 0.250. The van der Waals surface area contributed by atoms with E-state index in [-0.39, 0.29) is 41.8 Å². The number of nitrogens with one attached hydrogen (secondary N) is 2. The van der Waals surface area contributed by atoms with Gasteiger partial charge in [-0.2, -0.15) is 9.61 Å². The highest BCUT2D eigenvalue weighted by atomic mass is 19.1. The normalized spacial score (nSPS) is 15.7. The van der Waals surface area contributed by atoms with Gasteiger partial charge in [-0.1, -0.05) is 6.07 Å². The van der Waals surface area contributed by atoms with Crippen LogP contribution in [-0.4, -0.2) is 52.2 Å². The molecule has 3 aromatic heterocycles. The third kappa shape index (κ3) is 4.10. The maximum atomic E-state index is 14.9. The van der Waals surface area contributed by atoms with Crippen molar-refractivity contribution in [2.75, 3.05) is 36.6 Å². The molecule has 0 spiro atoms. The van der Waals surface area contributed by atoms with Gasteiger partial charge in [0, 0.05) is 26.2 Å². The lowest BCUT2D eigenvalue weighted by atomic mass is 10.1. The Labute approximate surface area is 205 Å². The van der Waals surface area contributed by atoms with Crippen molar-refractivity contribution >= 4 is 28.9 Å². The minimum absolute atomic E-state index is 0.0749. The number of halogens is 2. The Kier molecular flexibility index (Phi) is 5.78. The molecule has 0 saturated carbocycles. The lowest BCUT2D eigenvalue weighted by molar-refractivity contribution is 0.0932. The lowest BCUT2D eigenvalue weighted by Gasteiger charge is -2.18.